The lowest BCUT2D eigenvalue weighted by Gasteiger charge is -2.38. The first-order chi connectivity index (χ1) is 6.54. The van der Waals surface area contributed by atoms with Crippen molar-refractivity contribution in [3.63, 3.8) is 0 Å². The maximum Gasteiger partial charge on any atom is 0.0911 e. The van der Waals surface area contributed by atoms with Crippen molar-refractivity contribution in [1.82, 2.24) is 0 Å². The standard InChI is InChI=1S/C11H12Cl2O/c1-7-9(12)4-3-8(10(7)13)11(14)5-2-6-11/h3-4,14H,2,5-6H2,1H3. The third kappa shape index (κ3) is 1.44. The Balaban J connectivity index is 2.49. The molecule has 1 nitrogen and oxygen atoms in total. The Hall–Kier alpha value is -0.240. The molecule has 1 aliphatic rings. The molecule has 0 spiro atoms. The van der Waals surface area contributed by atoms with Crippen molar-refractivity contribution < 1.29 is 5.11 Å². The average Bonchev–Trinajstić information content (AvgIpc) is 2.11. The summed E-state index contributed by atoms with van der Waals surface area (Å²) in [5, 5.41) is 11.4. The molecule has 1 aliphatic carbocycles. The van der Waals surface area contributed by atoms with Crippen molar-refractivity contribution in [3.05, 3.63) is 33.3 Å². The third-order valence-corrected chi connectivity index (χ3v) is 3.90. The molecule has 0 amide bonds. The van der Waals surface area contributed by atoms with Crippen LogP contribution in [0.3, 0.4) is 0 Å². The predicted octanol–water partition coefficient (Wildman–Crippen LogP) is 3.67. The van der Waals surface area contributed by atoms with E-state index in [1.165, 1.54) is 0 Å². The highest BCUT2D eigenvalue weighted by Crippen LogP contribution is 2.45. The summed E-state index contributed by atoms with van der Waals surface area (Å²) in [6, 6.07) is 3.63. The summed E-state index contributed by atoms with van der Waals surface area (Å²) in [5.41, 5.74) is 0.977. The van der Waals surface area contributed by atoms with Crippen LogP contribution in [0.4, 0.5) is 0 Å². The van der Waals surface area contributed by atoms with Crippen LogP contribution in [0.1, 0.15) is 30.4 Å². The molecule has 3 heteroatoms. The van der Waals surface area contributed by atoms with Crippen molar-refractivity contribution in [2.24, 2.45) is 0 Å². The number of rotatable bonds is 1. The van der Waals surface area contributed by atoms with E-state index in [4.69, 9.17) is 23.2 Å². The van der Waals surface area contributed by atoms with Crippen LogP contribution in [0.15, 0.2) is 12.1 Å². The predicted molar refractivity (Wildman–Crippen MR) is 58.9 cm³/mol. The first kappa shape index (κ1) is 10.3. The molecule has 0 atom stereocenters. The smallest absolute Gasteiger partial charge is 0.0911 e. The highest BCUT2D eigenvalue weighted by molar-refractivity contribution is 6.36. The maximum absolute atomic E-state index is 10.1. The van der Waals surface area contributed by atoms with E-state index in [1.54, 1.807) is 6.07 Å². The molecule has 1 aromatic carbocycles. The molecule has 76 valence electrons. The number of benzene rings is 1. The van der Waals surface area contributed by atoms with Gasteiger partial charge in [0.05, 0.1) is 10.6 Å². The minimum Gasteiger partial charge on any atom is -0.385 e. The van der Waals surface area contributed by atoms with Gasteiger partial charge in [-0.25, -0.2) is 0 Å². The van der Waals surface area contributed by atoms with Crippen LogP contribution >= 0.6 is 23.2 Å². The molecule has 1 N–H and O–H groups in total. The molecule has 0 saturated heterocycles. The van der Waals surface area contributed by atoms with E-state index in [0.717, 1.165) is 30.4 Å². The Kier molecular flexibility index (Phi) is 2.50. The molecule has 0 radical (unpaired) electrons. The Bertz CT molecular complexity index is 370. The van der Waals surface area contributed by atoms with Gasteiger partial charge in [-0.05, 0) is 37.8 Å². The van der Waals surface area contributed by atoms with Gasteiger partial charge in [-0.1, -0.05) is 29.3 Å². The normalized spacial score (nSPS) is 19.1. The zero-order chi connectivity index (χ0) is 10.3. The van der Waals surface area contributed by atoms with Gasteiger partial charge in [0.15, 0.2) is 0 Å². The van der Waals surface area contributed by atoms with E-state index in [9.17, 15) is 5.11 Å². The summed E-state index contributed by atoms with van der Waals surface area (Å²) in [6.07, 6.45) is 2.66. The van der Waals surface area contributed by atoms with Crippen LogP contribution in [0.5, 0.6) is 0 Å². The minimum atomic E-state index is -0.702. The van der Waals surface area contributed by atoms with Crippen molar-refractivity contribution in [2.75, 3.05) is 0 Å². The lowest BCUT2D eigenvalue weighted by molar-refractivity contribution is -0.0387. The largest absolute Gasteiger partial charge is 0.385 e. The molecule has 14 heavy (non-hydrogen) atoms. The molecule has 0 unspecified atom stereocenters. The fourth-order valence-corrected chi connectivity index (χ4v) is 2.35. The van der Waals surface area contributed by atoms with Gasteiger partial charge < -0.3 is 5.11 Å². The molecule has 0 heterocycles. The molecule has 0 aromatic heterocycles. The van der Waals surface area contributed by atoms with E-state index in [-0.39, 0.29) is 0 Å². The summed E-state index contributed by atoms with van der Waals surface area (Å²) >= 11 is 12.1. The van der Waals surface area contributed by atoms with Crippen molar-refractivity contribution in [1.29, 1.82) is 0 Å². The fraction of sp³-hybridized carbons (Fsp3) is 0.455. The first-order valence-corrected chi connectivity index (χ1v) is 5.48. The topological polar surface area (TPSA) is 20.2 Å². The first-order valence-electron chi connectivity index (χ1n) is 4.72. The van der Waals surface area contributed by atoms with E-state index in [1.807, 2.05) is 13.0 Å². The van der Waals surface area contributed by atoms with Crippen molar-refractivity contribution in [2.45, 2.75) is 31.8 Å². The maximum atomic E-state index is 10.1. The van der Waals surface area contributed by atoms with Gasteiger partial charge in [-0.2, -0.15) is 0 Å². The summed E-state index contributed by atoms with van der Waals surface area (Å²) in [4.78, 5) is 0. The van der Waals surface area contributed by atoms with Gasteiger partial charge in [-0.15, -0.1) is 0 Å². The highest BCUT2D eigenvalue weighted by atomic mass is 35.5. The molecular formula is C11H12Cl2O. The lowest BCUT2D eigenvalue weighted by Crippen LogP contribution is -2.34. The molecule has 2 rings (SSSR count). The lowest BCUT2D eigenvalue weighted by atomic mass is 9.75. The quantitative estimate of drug-likeness (QED) is 0.781. The Morgan fingerprint density at radius 1 is 1.29 bits per heavy atom. The Morgan fingerprint density at radius 3 is 2.43 bits per heavy atom. The number of aliphatic hydroxyl groups is 1. The zero-order valence-corrected chi connectivity index (χ0v) is 9.49. The fourth-order valence-electron chi connectivity index (χ4n) is 1.80. The van der Waals surface area contributed by atoms with Crippen molar-refractivity contribution >= 4 is 23.2 Å². The molecule has 1 fully saturated rings. The second-order valence-electron chi connectivity index (χ2n) is 3.92. The van der Waals surface area contributed by atoms with E-state index in [2.05, 4.69) is 0 Å². The molecule has 0 aliphatic heterocycles. The van der Waals surface area contributed by atoms with E-state index in [0.29, 0.717) is 10.0 Å². The van der Waals surface area contributed by atoms with E-state index >= 15 is 0 Å². The van der Waals surface area contributed by atoms with Gasteiger partial charge in [0.2, 0.25) is 0 Å². The summed E-state index contributed by atoms with van der Waals surface area (Å²) in [7, 11) is 0. The van der Waals surface area contributed by atoms with Gasteiger partial charge in [0.25, 0.3) is 0 Å². The second-order valence-corrected chi connectivity index (χ2v) is 4.70. The molecule has 0 bridgehead atoms. The number of hydrogen-bond donors (Lipinski definition) is 1. The monoisotopic (exact) mass is 230 g/mol. The van der Waals surface area contributed by atoms with Gasteiger partial charge >= 0.3 is 0 Å². The SMILES string of the molecule is Cc1c(Cl)ccc(C2(O)CCC2)c1Cl. The number of hydrogen-bond acceptors (Lipinski definition) is 1. The van der Waals surface area contributed by atoms with Crippen LogP contribution in [-0.2, 0) is 5.60 Å². The summed E-state index contributed by atoms with van der Waals surface area (Å²) < 4.78 is 0. The van der Waals surface area contributed by atoms with Crippen LogP contribution in [-0.4, -0.2) is 5.11 Å². The molecular weight excluding hydrogens is 219 g/mol. The van der Waals surface area contributed by atoms with Gasteiger partial charge in [-0.3, -0.25) is 0 Å². The van der Waals surface area contributed by atoms with Crippen LogP contribution in [0, 0.1) is 6.92 Å². The average molecular weight is 231 g/mol. The third-order valence-electron chi connectivity index (χ3n) is 3.00. The Morgan fingerprint density at radius 2 is 1.93 bits per heavy atom. The minimum absolute atomic E-state index is 0.611. The van der Waals surface area contributed by atoms with Crippen molar-refractivity contribution in [3.8, 4) is 0 Å². The van der Waals surface area contributed by atoms with Gasteiger partial charge in [0.1, 0.15) is 0 Å². The van der Waals surface area contributed by atoms with Gasteiger partial charge in [0, 0.05) is 10.6 Å². The highest BCUT2D eigenvalue weighted by Gasteiger charge is 2.38. The van der Waals surface area contributed by atoms with Crippen LogP contribution in [0.25, 0.3) is 0 Å². The second kappa shape index (κ2) is 3.41. The zero-order valence-electron chi connectivity index (χ0n) is 7.98. The molecule has 1 saturated carbocycles. The van der Waals surface area contributed by atoms with Crippen LogP contribution in [0.2, 0.25) is 10.0 Å². The van der Waals surface area contributed by atoms with E-state index < -0.39 is 5.60 Å². The Labute approximate surface area is 93.7 Å². The summed E-state index contributed by atoms with van der Waals surface area (Å²) in [6.45, 7) is 1.87. The van der Waals surface area contributed by atoms with Crippen LogP contribution < -0.4 is 0 Å². The molecule has 1 aromatic rings. The number of halogens is 2. The summed E-state index contributed by atoms with van der Waals surface area (Å²) in [5.74, 6) is 0.